The summed E-state index contributed by atoms with van der Waals surface area (Å²) in [5, 5.41) is 0. The van der Waals surface area contributed by atoms with Crippen molar-refractivity contribution in [1.29, 1.82) is 0 Å². The Morgan fingerprint density at radius 2 is 2.05 bits per heavy atom. The molecule has 0 bridgehead atoms. The molecule has 0 unspecified atom stereocenters. The average molecular weight is 276 g/mol. The number of furan rings is 1. The van der Waals surface area contributed by atoms with Crippen molar-refractivity contribution in [2.45, 2.75) is 11.8 Å². The molecule has 2 heterocycles. The fourth-order valence-electron chi connectivity index (χ4n) is 2.03. The van der Waals surface area contributed by atoms with Gasteiger partial charge in [0.2, 0.25) is 0 Å². The van der Waals surface area contributed by atoms with Gasteiger partial charge in [0, 0.05) is 6.26 Å². The molecule has 0 aliphatic carbocycles. The van der Waals surface area contributed by atoms with E-state index in [1.54, 1.807) is 24.5 Å². The highest BCUT2D eigenvalue weighted by atomic mass is 32.2. The summed E-state index contributed by atoms with van der Waals surface area (Å²) in [6.45, 7) is 1.91. The van der Waals surface area contributed by atoms with E-state index in [0.29, 0.717) is 22.6 Å². The molecule has 6 heteroatoms. The SMILES string of the molecule is Cc1ccoc1-c1nc2c(S(C)(=O)=O)cccc2[nH]1. The van der Waals surface area contributed by atoms with Crippen molar-refractivity contribution >= 4 is 20.9 Å². The number of H-pyrrole nitrogens is 1. The maximum atomic E-state index is 11.7. The van der Waals surface area contributed by atoms with Crippen LogP contribution in [0.25, 0.3) is 22.6 Å². The normalized spacial score (nSPS) is 12.1. The lowest BCUT2D eigenvalue weighted by Gasteiger charge is -1.97. The summed E-state index contributed by atoms with van der Waals surface area (Å²) in [6.07, 6.45) is 2.75. The molecule has 98 valence electrons. The zero-order chi connectivity index (χ0) is 13.6. The summed E-state index contributed by atoms with van der Waals surface area (Å²) in [7, 11) is -3.31. The fourth-order valence-corrected chi connectivity index (χ4v) is 2.86. The standard InChI is InChI=1S/C13H12N2O3S/c1-8-6-7-18-12(8)13-14-9-4-3-5-10(11(9)15-13)19(2,16)17/h3-7H,1-2H3,(H,14,15). The first-order valence-corrected chi connectivity index (χ1v) is 7.59. The quantitative estimate of drug-likeness (QED) is 0.780. The minimum Gasteiger partial charge on any atom is -0.461 e. The van der Waals surface area contributed by atoms with Crippen LogP contribution in [-0.4, -0.2) is 24.6 Å². The van der Waals surface area contributed by atoms with E-state index in [0.717, 1.165) is 5.56 Å². The molecule has 0 saturated carbocycles. The Labute approximate surface area is 110 Å². The summed E-state index contributed by atoms with van der Waals surface area (Å²) in [5.74, 6) is 1.16. The minimum atomic E-state index is -3.31. The van der Waals surface area contributed by atoms with Gasteiger partial charge in [0.15, 0.2) is 21.4 Å². The number of nitrogens with one attached hydrogen (secondary N) is 1. The third-order valence-corrected chi connectivity index (χ3v) is 4.08. The van der Waals surface area contributed by atoms with Crippen LogP contribution >= 0.6 is 0 Å². The number of hydrogen-bond acceptors (Lipinski definition) is 4. The number of hydrogen-bond donors (Lipinski definition) is 1. The van der Waals surface area contributed by atoms with Crippen LogP contribution in [0.1, 0.15) is 5.56 Å². The Bertz CT molecular complexity index is 859. The molecule has 0 fully saturated rings. The third-order valence-electron chi connectivity index (χ3n) is 2.95. The summed E-state index contributed by atoms with van der Waals surface area (Å²) < 4.78 is 28.8. The number of aromatic nitrogens is 2. The van der Waals surface area contributed by atoms with Gasteiger partial charge in [0.25, 0.3) is 0 Å². The molecule has 5 nitrogen and oxygen atoms in total. The molecule has 0 aliphatic rings. The number of aryl methyl sites for hydroxylation is 1. The Morgan fingerprint density at radius 3 is 2.68 bits per heavy atom. The Balaban J connectivity index is 2.31. The third kappa shape index (κ3) is 1.94. The largest absolute Gasteiger partial charge is 0.461 e. The minimum absolute atomic E-state index is 0.219. The van der Waals surface area contributed by atoms with Crippen molar-refractivity contribution in [3.05, 3.63) is 36.1 Å². The second kappa shape index (κ2) is 3.96. The predicted molar refractivity (Wildman–Crippen MR) is 71.6 cm³/mol. The Hall–Kier alpha value is -2.08. The number of sulfone groups is 1. The Kier molecular flexibility index (Phi) is 2.50. The molecule has 0 spiro atoms. The number of benzene rings is 1. The van der Waals surface area contributed by atoms with E-state index in [9.17, 15) is 8.42 Å². The molecule has 1 aromatic carbocycles. The second-order valence-corrected chi connectivity index (χ2v) is 6.43. The maximum absolute atomic E-state index is 11.7. The molecule has 2 aromatic heterocycles. The fraction of sp³-hybridized carbons (Fsp3) is 0.154. The zero-order valence-electron chi connectivity index (χ0n) is 10.5. The predicted octanol–water partition coefficient (Wildman–Crippen LogP) is 2.53. The molecule has 3 aromatic rings. The van der Waals surface area contributed by atoms with Crippen molar-refractivity contribution in [3.8, 4) is 11.6 Å². The van der Waals surface area contributed by atoms with Crippen LogP contribution in [0.4, 0.5) is 0 Å². The Morgan fingerprint density at radius 1 is 1.26 bits per heavy atom. The van der Waals surface area contributed by atoms with Crippen LogP contribution in [0.2, 0.25) is 0 Å². The van der Waals surface area contributed by atoms with Gasteiger partial charge in [-0.15, -0.1) is 0 Å². The highest BCUT2D eigenvalue weighted by Crippen LogP contribution is 2.27. The lowest BCUT2D eigenvalue weighted by atomic mass is 10.3. The number of rotatable bonds is 2. The van der Waals surface area contributed by atoms with Crippen LogP contribution in [0.5, 0.6) is 0 Å². The van der Waals surface area contributed by atoms with Crippen LogP contribution in [0.3, 0.4) is 0 Å². The van der Waals surface area contributed by atoms with E-state index in [1.807, 2.05) is 13.0 Å². The zero-order valence-corrected chi connectivity index (χ0v) is 11.3. The molecule has 0 aliphatic heterocycles. The molecular weight excluding hydrogens is 264 g/mol. The first-order chi connectivity index (χ1) is 8.97. The van der Waals surface area contributed by atoms with Crippen LogP contribution in [0, 0.1) is 6.92 Å². The lowest BCUT2D eigenvalue weighted by Crippen LogP contribution is -1.97. The van der Waals surface area contributed by atoms with Crippen molar-refractivity contribution in [1.82, 2.24) is 9.97 Å². The highest BCUT2D eigenvalue weighted by molar-refractivity contribution is 7.91. The number of para-hydroxylation sites is 1. The summed E-state index contributed by atoms with van der Waals surface area (Å²) in [5.41, 5.74) is 2.06. The molecule has 3 rings (SSSR count). The average Bonchev–Trinajstić information content (AvgIpc) is 2.91. The molecule has 0 radical (unpaired) electrons. The van der Waals surface area contributed by atoms with Gasteiger partial charge in [-0.05, 0) is 30.7 Å². The molecular formula is C13H12N2O3S. The molecule has 0 atom stereocenters. The first kappa shape index (κ1) is 12.0. The summed E-state index contributed by atoms with van der Waals surface area (Å²) in [4.78, 5) is 7.66. The maximum Gasteiger partial charge on any atom is 0.177 e. The molecule has 19 heavy (non-hydrogen) atoms. The molecule has 0 saturated heterocycles. The van der Waals surface area contributed by atoms with Gasteiger partial charge in [0.1, 0.15) is 5.52 Å². The van der Waals surface area contributed by atoms with Crippen molar-refractivity contribution in [2.24, 2.45) is 0 Å². The number of aromatic amines is 1. The van der Waals surface area contributed by atoms with Crippen molar-refractivity contribution < 1.29 is 12.8 Å². The van der Waals surface area contributed by atoms with Gasteiger partial charge >= 0.3 is 0 Å². The first-order valence-electron chi connectivity index (χ1n) is 5.70. The van der Waals surface area contributed by atoms with Crippen LogP contribution in [-0.2, 0) is 9.84 Å². The van der Waals surface area contributed by atoms with E-state index in [4.69, 9.17) is 4.42 Å². The number of nitrogens with zero attached hydrogens (tertiary/aromatic N) is 1. The van der Waals surface area contributed by atoms with Crippen molar-refractivity contribution in [2.75, 3.05) is 6.26 Å². The van der Waals surface area contributed by atoms with E-state index >= 15 is 0 Å². The number of fused-ring (bicyclic) bond motifs is 1. The topological polar surface area (TPSA) is 76.0 Å². The van der Waals surface area contributed by atoms with Gasteiger partial charge in [0.05, 0.1) is 16.7 Å². The monoisotopic (exact) mass is 276 g/mol. The van der Waals surface area contributed by atoms with Gasteiger partial charge in [-0.25, -0.2) is 13.4 Å². The second-order valence-electron chi connectivity index (χ2n) is 4.44. The molecule has 1 N–H and O–H groups in total. The van der Waals surface area contributed by atoms with Gasteiger partial charge < -0.3 is 9.40 Å². The number of imidazole rings is 1. The summed E-state index contributed by atoms with van der Waals surface area (Å²) >= 11 is 0. The van der Waals surface area contributed by atoms with Crippen LogP contribution < -0.4 is 0 Å². The van der Waals surface area contributed by atoms with E-state index in [-0.39, 0.29) is 4.90 Å². The van der Waals surface area contributed by atoms with Gasteiger partial charge in [-0.3, -0.25) is 0 Å². The molecule has 0 amide bonds. The lowest BCUT2D eigenvalue weighted by molar-refractivity contribution is 0.576. The summed E-state index contributed by atoms with van der Waals surface area (Å²) in [6, 6.07) is 6.87. The van der Waals surface area contributed by atoms with Gasteiger partial charge in [-0.1, -0.05) is 6.07 Å². The van der Waals surface area contributed by atoms with E-state index in [2.05, 4.69) is 9.97 Å². The van der Waals surface area contributed by atoms with Crippen LogP contribution in [0.15, 0.2) is 39.8 Å². The van der Waals surface area contributed by atoms with E-state index < -0.39 is 9.84 Å². The highest BCUT2D eigenvalue weighted by Gasteiger charge is 2.17. The van der Waals surface area contributed by atoms with Gasteiger partial charge in [-0.2, -0.15) is 0 Å². The smallest absolute Gasteiger partial charge is 0.177 e. The van der Waals surface area contributed by atoms with E-state index in [1.165, 1.54) is 6.26 Å². The van der Waals surface area contributed by atoms with Crippen molar-refractivity contribution in [3.63, 3.8) is 0 Å².